The van der Waals surface area contributed by atoms with Crippen LogP contribution in [0, 0.1) is 12.3 Å². The zero-order valence-electron chi connectivity index (χ0n) is 21.7. The Hall–Kier alpha value is -3.89. The largest absolute Gasteiger partial charge is 0.491 e. The molecule has 0 saturated carbocycles. The number of benzene rings is 1. The first-order chi connectivity index (χ1) is 17.8. The average Bonchev–Trinajstić information content (AvgIpc) is 3.14. The number of aromatic nitrogens is 5. The van der Waals surface area contributed by atoms with Crippen LogP contribution in [0.25, 0.3) is 28.4 Å². The summed E-state index contributed by atoms with van der Waals surface area (Å²) < 4.78 is 11.0. The molecule has 3 aromatic heterocycles. The average molecular weight is 570 g/mol. The molecule has 10 nitrogen and oxygen atoms in total. The van der Waals surface area contributed by atoms with E-state index in [2.05, 4.69) is 56.9 Å². The third-order valence-electron chi connectivity index (χ3n) is 6.89. The lowest BCUT2D eigenvalue weighted by Gasteiger charge is -2.30. The summed E-state index contributed by atoms with van der Waals surface area (Å²) in [5, 5.41) is 0. The highest BCUT2D eigenvalue weighted by Crippen LogP contribution is 2.37. The summed E-state index contributed by atoms with van der Waals surface area (Å²) in [6, 6.07) is 6.19. The number of ether oxygens (including phenoxy) is 2. The number of halogens is 2. The minimum absolute atomic E-state index is 0. The van der Waals surface area contributed by atoms with E-state index in [0.29, 0.717) is 24.3 Å². The van der Waals surface area contributed by atoms with E-state index in [1.807, 2.05) is 19.1 Å². The van der Waals surface area contributed by atoms with Gasteiger partial charge in [0.1, 0.15) is 24.5 Å². The molecule has 0 spiro atoms. The predicted molar refractivity (Wildman–Crippen MR) is 154 cm³/mol. The Morgan fingerprint density at radius 1 is 1.21 bits per heavy atom. The fraction of sp³-hybridized carbons (Fsp3) is 0.296. The second kappa shape index (κ2) is 10.7. The van der Waals surface area contributed by atoms with Crippen LogP contribution in [-0.2, 0) is 13.0 Å². The van der Waals surface area contributed by atoms with Crippen LogP contribution in [0.3, 0.4) is 0 Å². The van der Waals surface area contributed by atoms with Gasteiger partial charge in [0.2, 0.25) is 0 Å². The molecule has 1 aliphatic carbocycles. The number of aryl methyl sites for hydroxylation is 1. The van der Waals surface area contributed by atoms with Crippen LogP contribution in [0.5, 0.6) is 11.8 Å². The van der Waals surface area contributed by atoms with E-state index in [4.69, 9.17) is 20.2 Å². The number of fused-ring (bicyclic) bond motifs is 3. The van der Waals surface area contributed by atoms with Crippen molar-refractivity contribution in [2.45, 2.75) is 33.7 Å². The topological polar surface area (TPSA) is 132 Å². The summed E-state index contributed by atoms with van der Waals surface area (Å²) in [6.45, 7) is 8.38. The van der Waals surface area contributed by atoms with Crippen molar-refractivity contribution in [2.75, 3.05) is 18.1 Å². The van der Waals surface area contributed by atoms with Crippen molar-refractivity contribution in [3.05, 3.63) is 59.2 Å². The highest BCUT2D eigenvalue weighted by Gasteiger charge is 2.28. The van der Waals surface area contributed by atoms with Gasteiger partial charge in [0.05, 0.1) is 17.8 Å². The second-order valence-electron chi connectivity index (χ2n) is 10.1. The molecule has 0 saturated heterocycles. The van der Waals surface area contributed by atoms with Crippen LogP contribution in [0.2, 0.25) is 0 Å². The fourth-order valence-corrected chi connectivity index (χ4v) is 5.05. The first-order valence-electron chi connectivity index (χ1n) is 12.1. The Morgan fingerprint density at radius 3 is 2.82 bits per heavy atom. The van der Waals surface area contributed by atoms with E-state index in [9.17, 15) is 4.79 Å². The maximum Gasteiger partial charge on any atom is 0.412 e. The monoisotopic (exact) mass is 569 g/mol. The number of nitrogens with zero attached hydrogens (tertiary/aromatic N) is 5. The summed E-state index contributed by atoms with van der Waals surface area (Å²) in [5.74, 6) is 1.82. The van der Waals surface area contributed by atoms with E-state index in [1.165, 1.54) is 5.56 Å². The van der Waals surface area contributed by atoms with Gasteiger partial charge in [0, 0.05) is 29.4 Å². The Morgan fingerprint density at radius 2 is 2.03 bits per heavy atom. The smallest absolute Gasteiger partial charge is 0.412 e. The molecule has 39 heavy (non-hydrogen) atoms. The molecule has 1 aliphatic heterocycles. The summed E-state index contributed by atoms with van der Waals surface area (Å²) >= 11 is 0. The van der Waals surface area contributed by atoms with Gasteiger partial charge in [0.25, 0.3) is 0 Å². The number of allylic oxidation sites excluding steroid dienone is 1. The first-order valence-corrected chi connectivity index (χ1v) is 12.1. The molecule has 1 amide bonds. The quantitative estimate of drug-likeness (QED) is 0.351. The molecular weight excluding hydrogens is 541 g/mol. The van der Waals surface area contributed by atoms with Crippen LogP contribution in [-0.4, -0.2) is 44.2 Å². The number of carbonyl (C=O) groups is 1. The van der Waals surface area contributed by atoms with Crippen molar-refractivity contribution in [1.29, 1.82) is 0 Å². The van der Waals surface area contributed by atoms with Gasteiger partial charge in [0.15, 0.2) is 5.65 Å². The Balaban J connectivity index is 0.00000176. The maximum absolute atomic E-state index is 11.1. The van der Waals surface area contributed by atoms with Gasteiger partial charge in [-0.2, -0.15) is 4.98 Å². The summed E-state index contributed by atoms with van der Waals surface area (Å²) in [7, 11) is 0. The van der Waals surface area contributed by atoms with Crippen molar-refractivity contribution in [3.8, 4) is 22.9 Å². The maximum atomic E-state index is 11.1. The van der Waals surface area contributed by atoms with Crippen LogP contribution in [0.1, 0.15) is 36.2 Å². The van der Waals surface area contributed by atoms with E-state index in [1.54, 1.807) is 12.5 Å². The second-order valence-corrected chi connectivity index (χ2v) is 10.1. The first kappa shape index (κ1) is 28.1. The van der Waals surface area contributed by atoms with E-state index >= 15 is 0 Å². The molecule has 204 valence electrons. The molecule has 2 aliphatic rings. The fourth-order valence-electron chi connectivity index (χ4n) is 5.05. The number of aromatic amines is 1. The van der Waals surface area contributed by atoms with Gasteiger partial charge in [-0.1, -0.05) is 26.0 Å². The minimum atomic E-state index is -0.934. The molecule has 1 aromatic carbocycles. The summed E-state index contributed by atoms with van der Waals surface area (Å²) in [6.07, 6.45) is 7.69. The van der Waals surface area contributed by atoms with Crippen LogP contribution in [0.15, 0.2) is 36.8 Å². The molecule has 0 unspecified atom stereocenters. The van der Waals surface area contributed by atoms with E-state index in [-0.39, 0.29) is 36.2 Å². The SMILES string of the molecule is Cc1c(-c2ccc3c(c2)CN(c2ncnc4c2CC(C)(C)C=C4)CCO3)cnc2nc(OC(N)=O)[nH]c12.Cl.Cl. The third-order valence-corrected chi connectivity index (χ3v) is 6.89. The van der Waals surface area contributed by atoms with E-state index in [0.717, 1.165) is 52.5 Å². The zero-order valence-corrected chi connectivity index (χ0v) is 23.4. The summed E-state index contributed by atoms with van der Waals surface area (Å²) in [4.78, 5) is 34.3. The summed E-state index contributed by atoms with van der Waals surface area (Å²) in [5.41, 5.74) is 12.4. The molecular formula is C27H29Cl2N7O3. The highest BCUT2D eigenvalue weighted by atomic mass is 35.5. The van der Waals surface area contributed by atoms with Gasteiger partial charge < -0.3 is 25.1 Å². The van der Waals surface area contributed by atoms with Crippen molar-refractivity contribution < 1.29 is 14.3 Å². The molecule has 12 heteroatoms. The minimum Gasteiger partial charge on any atom is -0.491 e. The lowest BCUT2D eigenvalue weighted by atomic mass is 9.81. The van der Waals surface area contributed by atoms with Gasteiger partial charge in [-0.15, -0.1) is 24.8 Å². The number of hydrogen-bond donors (Lipinski definition) is 2. The molecule has 4 aromatic rings. The standard InChI is InChI=1S/C27H27N7O3.2ClH/c1-15-19(12-29-23-22(15)32-26(33-23)37-25(28)35)16-4-5-21-17(10-16)13-34(8-9-36-21)24-18-11-27(2,3)7-6-20(18)30-14-31-24;;/h4-7,10,12,14H,8-9,11,13H2,1-3H3,(H2,28,35)(H,29,32,33);2*1H. The number of nitrogens with two attached hydrogens (primary N) is 1. The van der Waals surface area contributed by atoms with Crippen molar-refractivity contribution >= 4 is 54.0 Å². The molecule has 6 rings (SSSR count). The molecule has 0 fully saturated rings. The molecule has 3 N–H and O–H groups in total. The third kappa shape index (κ3) is 5.35. The Bertz CT molecular complexity index is 1590. The molecule has 0 radical (unpaired) electrons. The number of carbonyl (C=O) groups excluding carboxylic acids is 1. The van der Waals surface area contributed by atoms with Gasteiger partial charge in [-0.3, -0.25) is 0 Å². The number of rotatable bonds is 3. The molecule has 4 heterocycles. The van der Waals surface area contributed by atoms with Gasteiger partial charge >= 0.3 is 12.1 Å². The number of nitrogens with one attached hydrogen (secondary N) is 1. The lowest BCUT2D eigenvalue weighted by molar-refractivity contribution is 0.207. The number of primary amides is 1. The van der Waals surface area contributed by atoms with Crippen LogP contribution < -0.4 is 20.1 Å². The predicted octanol–water partition coefficient (Wildman–Crippen LogP) is 5.02. The van der Waals surface area contributed by atoms with Crippen molar-refractivity contribution in [3.63, 3.8) is 0 Å². The van der Waals surface area contributed by atoms with Crippen molar-refractivity contribution in [1.82, 2.24) is 24.9 Å². The lowest BCUT2D eigenvalue weighted by Crippen LogP contribution is -2.29. The number of imidazole rings is 1. The zero-order chi connectivity index (χ0) is 25.7. The Labute approximate surface area is 237 Å². The van der Waals surface area contributed by atoms with Crippen LogP contribution in [0.4, 0.5) is 10.6 Å². The van der Waals surface area contributed by atoms with Gasteiger partial charge in [-0.05, 0) is 48.1 Å². The molecule has 0 bridgehead atoms. The Kier molecular flexibility index (Phi) is 7.72. The number of hydrogen-bond acceptors (Lipinski definition) is 8. The number of H-pyrrole nitrogens is 1. The number of pyridine rings is 1. The van der Waals surface area contributed by atoms with Crippen LogP contribution >= 0.6 is 24.8 Å². The normalized spacial score (nSPS) is 15.2. The van der Waals surface area contributed by atoms with E-state index < -0.39 is 6.09 Å². The van der Waals surface area contributed by atoms with Gasteiger partial charge in [-0.25, -0.2) is 19.7 Å². The number of anilines is 1. The number of amides is 1. The molecule has 0 atom stereocenters. The highest BCUT2D eigenvalue weighted by molar-refractivity contribution is 5.86. The van der Waals surface area contributed by atoms with Crippen molar-refractivity contribution in [2.24, 2.45) is 11.1 Å².